The number of amides is 1. The summed E-state index contributed by atoms with van der Waals surface area (Å²) in [4.78, 5) is 17.4. The van der Waals surface area contributed by atoms with Crippen molar-refractivity contribution < 1.29 is 19.1 Å². The van der Waals surface area contributed by atoms with Gasteiger partial charge >= 0.3 is 0 Å². The van der Waals surface area contributed by atoms with Crippen LogP contribution in [0.15, 0.2) is 35.5 Å². The van der Waals surface area contributed by atoms with Crippen molar-refractivity contribution in [2.45, 2.75) is 26.7 Å². The van der Waals surface area contributed by atoms with E-state index in [1.807, 2.05) is 18.2 Å². The summed E-state index contributed by atoms with van der Waals surface area (Å²) < 4.78 is 10.4. The van der Waals surface area contributed by atoms with Crippen molar-refractivity contribution in [1.29, 1.82) is 0 Å². The molecule has 0 aromatic heterocycles. The largest absolute Gasteiger partial charge is 0.493 e. The lowest BCUT2D eigenvalue weighted by atomic mass is 10.0. The Balaban J connectivity index is 1.99. The Morgan fingerprint density at radius 3 is 2.39 bits per heavy atom. The minimum atomic E-state index is -0.266. The zero-order valence-electron chi connectivity index (χ0n) is 16.5. The molecule has 2 aromatic carbocycles. The van der Waals surface area contributed by atoms with E-state index < -0.39 is 0 Å². The smallest absolute Gasteiger partial charge is 0.265 e. The second-order valence-corrected chi connectivity index (χ2v) is 6.36. The van der Waals surface area contributed by atoms with E-state index in [4.69, 9.17) is 25.9 Å². The molecule has 1 N–H and O–H groups in total. The Morgan fingerprint density at radius 2 is 1.82 bits per heavy atom. The molecule has 0 saturated heterocycles. The van der Waals surface area contributed by atoms with Gasteiger partial charge in [0.1, 0.15) is 0 Å². The van der Waals surface area contributed by atoms with E-state index in [-0.39, 0.29) is 12.5 Å². The van der Waals surface area contributed by atoms with Crippen LogP contribution < -0.4 is 14.8 Å². The highest BCUT2D eigenvalue weighted by Crippen LogP contribution is 2.35. The van der Waals surface area contributed by atoms with E-state index in [1.165, 1.54) is 20.4 Å². The molecule has 0 aliphatic carbocycles. The van der Waals surface area contributed by atoms with E-state index in [0.717, 1.165) is 29.7 Å². The Morgan fingerprint density at radius 1 is 1.14 bits per heavy atom. The van der Waals surface area contributed by atoms with Crippen LogP contribution in [0.3, 0.4) is 0 Å². The first kappa shape index (κ1) is 21.6. The van der Waals surface area contributed by atoms with Gasteiger partial charge in [-0.25, -0.2) is 0 Å². The van der Waals surface area contributed by atoms with Gasteiger partial charge in [-0.2, -0.15) is 0 Å². The van der Waals surface area contributed by atoms with Crippen molar-refractivity contribution in [2.75, 3.05) is 26.1 Å². The van der Waals surface area contributed by atoms with Crippen molar-refractivity contribution in [3.8, 4) is 11.5 Å². The van der Waals surface area contributed by atoms with Gasteiger partial charge in [0, 0.05) is 11.3 Å². The SMILES string of the molecule is CCc1cccc(CC)c1NC(=O)CO/N=C/c1cc(Cl)c(OC)c(OC)c1. The fraction of sp³-hybridized carbons (Fsp3) is 0.333. The molecule has 2 aromatic rings. The normalized spacial score (nSPS) is 10.8. The average molecular weight is 405 g/mol. The molecule has 0 unspecified atom stereocenters. The number of methoxy groups -OCH3 is 2. The predicted molar refractivity (Wildman–Crippen MR) is 112 cm³/mol. The summed E-state index contributed by atoms with van der Waals surface area (Å²) >= 11 is 6.15. The maximum atomic E-state index is 12.2. The highest BCUT2D eigenvalue weighted by atomic mass is 35.5. The predicted octanol–water partition coefficient (Wildman–Crippen LogP) is 4.47. The maximum Gasteiger partial charge on any atom is 0.265 e. The molecule has 150 valence electrons. The summed E-state index contributed by atoms with van der Waals surface area (Å²) in [5, 5.41) is 7.16. The fourth-order valence-corrected chi connectivity index (χ4v) is 3.08. The monoisotopic (exact) mass is 404 g/mol. The highest BCUT2D eigenvalue weighted by molar-refractivity contribution is 6.32. The third kappa shape index (κ3) is 5.39. The summed E-state index contributed by atoms with van der Waals surface area (Å²) in [7, 11) is 3.04. The molecule has 0 spiro atoms. The Hall–Kier alpha value is -2.73. The average Bonchev–Trinajstić information content (AvgIpc) is 2.70. The van der Waals surface area contributed by atoms with Crippen molar-refractivity contribution in [3.63, 3.8) is 0 Å². The van der Waals surface area contributed by atoms with Crippen molar-refractivity contribution in [1.82, 2.24) is 0 Å². The van der Waals surface area contributed by atoms with Crippen LogP contribution in [0.2, 0.25) is 5.02 Å². The topological polar surface area (TPSA) is 69.2 Å². The van der Waals surface area contributed by atoms with Gasteiger partial charge in [-0.3, -0.25) is 4.79 Å². The number of carbonyl (C=O) groups excluding carboxylic acids is 1. The van der Waals surface area contributed by atoms with Crippen molar-refractivity contribution >= 4 is 29.4 Å². The minimum Gasteiger partial charge on any atom is -0.493 e. The number of halogens is 1. The van der Waals surface area contributed by atoms with Gasteiger partial charge in [0.25, 0.3) is 5.91 Å². The maximum absolute atomic E-state index is 12.2. The lowest BCUT2D eigenvalue weighted by Gasteiger charge is -2.13. The number of carbonyl (C=O) groups is 1. The number of ether oxygens (including phenoxy) is 2. The lowest BCUT2D eigenvalue weighted by molar-refractivity contribution is -0.120. The molecule has 0 radical (unpaired) electrons. The zero-order valence-corrected chi connectivity index (χ0v) is 17.3. The standard InChI is InChI=1S/C21H25ClN2O4/c1-5-15-8-7-9-16(6-2)20(15)24-19(25)13-28-23-12-14-10-17(22)21(27-4)18(11-14)26-3/h7-12H,5-6,13H2,1-4H3,(H,24,25)/b23-12+. The molecular formula is C21H25ClN2O4. The van der Waals surface area contributed by atoms with Crippen LogP contribution in [-0.4, -0.2) is 32.9 Å². The Kier molecular flexibility index (Phi) is 8.14. The van der Waals surface area contributed by atoms with Crippen LogP contribution in [0.5, 0.6) is 11.5 Å². The first-order chi connectivity index (χ1) is 13.5. The highest BCUT2D eigenvalue weighted by Gasteiger charge is 2.11. The molecule has 6 nitrogen and oxygen atoms in total. The molecule has 0 aliphatic rings. The molecule has 1 amide bonds. The number of anilines is 1. The summed E-state index contributed by atoms with van der Waals surface area (Å²) in [5.41, 5.74) is 3.71. The van der Waals surface area contributed by atoms with E-state index >= 15 is 0 Å². The van der Waals surface area contributed by atoms with Crippen LogP contribution in [0.1, 0.15) is 30.5 Å². The van der Waals surface area contributed by atoms with E-state index in [1.54, 1.807) is 12.1 Å². The Labute approximate surface area is 170 Å². The lowest BCUT2D eigenvalue weighted by Crippen LogP contribution is -2.19. The van der Waals surface area contributed by atoms with E-state index in [9.17, 15) is 4.79 Å². The second kappa shape index (κ2) is 10.6. The third-order valence-corrected chi connectivity index (χ3v) is 4.47. The number of benzene rings is 2. The molecule has 0 saturated carbocycles. The summed E-state index contributed by atoms with van der Waals surface area (Å²) in [5.74, 6) is 0.665. The van der Waals surface area contributed by atoms with Gasteiger partial charge in [-0.15, -0.1) is 0 Å². The number of rotatable bonds is 9. The quantitative estimate of drug-likeness (QED) is 0.494. The molecule has 0 aliphatic heterocycles. The number of aryl methyl sites for hydroxylation is 2. The number of hydrogen-bond acceptors (Lipinski definition) is 5. The second-order valence-electron chi connectivity index (χ2n) is 5.95. The first-order valence-corrected chi connectivity index (χ1v) is 9.39. The van der Waals surface area contributed by atoms with E-state index in [0.29, 0.717) is 22.1 Å². The number of nitrogens with one attached hydrogen (secondary N) is 1. The molecule has 28 heavy (non-hydrogen) atoms. The summed E-state index contributed by atoms with van der Waals surface area (Å²) in [6, 6.07) is 9.40. The minimum absolute atomic E-state index is 0.196. The van der Waals surface area contributed by atoms with Gasteiger partial charge in [-0.1, -0.05) is 48.8 Å². The van der Waals surface area contributed by atoms with Crippen LogP contribution in [0.25, 0.3) is 0 Å². The van der Waals surface area contributed by atoms with Gasteiger partial charge in [0.05, 0.1) is 25.5 Å². The number of para-hydroxylation sites is 1. The molecule has 0 atom stereocenters. The van der Waals surface area contributed by atoms with Gasteiger partial charge in [0.15, 0.2) is 18.1 Å². The summed E-state index contributed by atoms with van der Waals surface area (Å²) in [6.45, 7) is 3.91. The molecule has 0 heterocycles. The summed E-state index contributed by atoms with van der Waals surface area (Å²) in [6.07, 6.45) is 3.13. The van der Waals surface area contributed by atoms with Crippen LogP contribution in [0.4, 0.5) is 5.69 Å². The third-order valence-electron chi connectivity index (χ3n) is 4.19. The number of nitrogens with zero attached hydrogens (tertiary/aromatic N) is 1. The van der Waals surface area contributed by atoms with Gasteiger partial charge in [-0.05, 0) is 36.1 Å². The fourth-order valence-electron chi connectivity index (χ4n) is 2.79. The first-order valence-electron chi connectivity index (χ1n) is 9.01. The Bertz CT molecular complexity index is 830. The van der Waals surface area contributed by atoms with Crippen molar-refractivity contribution in [3.05, 3.63) is 52.0 Å². The molecule has 7 heteroatoms. The van der Waals surface area contributed by atoms with Crippen LogP contribution in [0, 0.1) is 0 Å². The molecule has 2 rings (SSSR count). The molecular weight excluding hydrogens is 380 g/mol. The van der Waals surface area contributed by atoms with Crippen LogP contribution in [-0.2, 0) is 22.5 Å². The van der Waals surface area contributed by atoms with Crippen LogP contribution >= 0.6 is 11.6 Å². The zero-order chi connectivity index (χ0) is 20.5. The van der Waals surface area contributed by atoms with Crippen molar-refractivity contribution in [2.24, 2.45) is 5.16 Å². The van der Waals surface area contributed by atoms with Gasteiger partial charge < -0.3 is 19.6 Å². The molecule has 0 fully saturated rings. The number of oxime groups is 1. The van der Waals surface area contributed by atoms with Gasteiger partial charge in [0.2, 0.25) is 0 Å². The molecule has 0 bridgehead atoms. The number of hydrogen-bond donors (Lipinski definition) is 1. The van der Waals surface area contributed by atoms with E-state index in [2.05, 4.69) is 24.3 Å².